The summed E-state index contributed by atoms with van der Waals surface area (Å²) in [5.74, 6) is -0.291. The van der Waals surface area contributed by atoms with E-state index in [0.29, 0.717) is 17.8 Å². The summed E-state index contributed by atoms with van der Waals surface area (Å²) in [6, 6.07) is 7.61. The van der Waals surface area contributed by atoms with Gasteiger partial charge in [-0.2, -0.15) is 5.10 Å². The molecule has 0 radical (unpaired) electrons. The van der Waals surface area contributed by atoms with Crippen molar-refractivity contribution in [1.29, 1.82) is 0 Å². The molecule has 1 aliphatic heterocycles. The highest BCUT2D eigenvalue weighted by atomic mass is 32.2. The second kappa shape index (κ2) is 7.53. The quantitative estimate of drug-likeness (QED) is 0.614. The molecule has 3 aromatic rings. The number of carbonyl (C=O) groups is 1. The Kier molecular flexibility index (Phi) is 5.20. The minimum Gasteiger partial charge on any atom is -0.334 e. The van der Waals surface area contributed by atoms with Crippen LogP contribution in [-0.2, 0) is 9.84 Å². The van der Waals surface area contributed by atoms with Crippen molar-refractivity contribution in [3.63, 3.8) is 0 Å². The smallest absolute Gasteiger partial charge is 0.264 e. The molecule has 0 bridgehead atoms. The number of thiophene rings is 1. The molecule has 1 saturated heterocycles. The lowest BCUT2D eigenvalue weighted by Crippen LogP contribution is -2.41. The van der Waals surface area contributed by atoms with E-state index in [2.05, 4.69) is 5.10 Å². The van der Waals surface area contributed by atoms with Gasteiger partial charge in [-0.15, -0.1) is 11.3 Å². The van der Waals surface area contributed by atoms with E-state index in [-0.39, 0.29) is 29.3 Å². The molecule has 3 heterocycles. The monoisotopic (exact) mass is 435 g/mol. The molecule has 1 atom stereocenters. The van der Waals surface area contributed by atoms with Crippen molar-refractivity contribution in [3.05, 3.63) is 46.7 Å². The first-order valence-corrected chi connectivity index (χ1v) is 12.2. The largest absolute Gasteiger partial charge is 0.334 e. The summed E-state index contributed by atoms with van der Waals surface area (Å²) in [6.07, 6.45) is 1.25. The van der Waals surface area contributed by atoms with Crippen LogP contribution < -0.4 is 0 Å². The van der Waals surface area contributed by atoms with Crippen LogP contribution in [-0.4, -0.2) is 53.1 Å². The fraction of sp³-hybridized carbons (Fsp3) is 0.400. The van der Waals surface area contributed by atoms with Crippen LogP contribution in [0.5, 0.6) is 0 Å². The number of hydrogen-bond acceptors (Lipinski definition) is 5. The third kappa shape index (κ3) is 3.81. The fourth-order valence-corrected chi connectivity index (χ4v) is 6.63. The summed E-state index contributed by atoms with van der Waals surface area (Å²) in [5, 5.41) is 5.40. The van der Waals surface area contributed by atoms with Gasteiger partial charge in [0.1, 0.15) is 10.6 Å². The number of amides is 1. The van der Waals surface area contributed by atoms with E-state index in [1.807, 2.05) is 19.9 Å². The molecule has 1 aliphatic rings. The SMILES string of the molecule is CCCN(C(=O)c1cc2c(C)nn(-c3ccc(F)cc3)c2s1)C1CCS(=O)(=O)C1. The van der Waals surface area contributed by atoms with E-state index in [4.69, 9.17) is 0 Å². The summed E-state index contributed by atoms with van der Waals surface area (Å²) < 4.78 is 38.8. The summed E-state index contributed by atoms with van der Waals surface area (Å²) in [7, 11) is -3.08. The van der Waals surface area contributed by atoms with Crippen molar-refractivity contribution in [2.45, 2.75) is 32.7 Å². The predicted molar refractivity (Wildman–Crippen MR) is 112 cm³/mol. The number of sulfone groups is 1. The van der Waals surface area contributed by atoms with Gasteiger partial charge in [-0.05, 0) is 50.1 Å². The van der Waals surface area contributed by atoms with Gasteiger partial charge in [-0.1, -0.05) is 6.92 Å². The van der Waals surface area contributed by atoms with Crippen molar-refractivity contribution in [1.82, 2.24) is 14.7 Å². The maximum Gasteiger partial charge on any atom is 0.264 e. The third-order valence-corrected chi connectivity index (χ3v) is 8.05. The molecular weight excluding hydrogens is 413 g/mol. The predicted octanol–water partition coefficient (Wildman–Crippen LogP) is 3.57. The first-order valence-electron chi connectivity index (χ1n) is 9.55. The van der Waals surface area contributed by atoms with Crippen molar-refractivity contribution in [2.75, 3.05) is 18.1 Å². The highest BCUT2D eigenvalue weighted by molar-refractivity contribution is 7.91. The molecule has 29 heavy (non-hydrogen) atoms. The highest BCUT2D eigenvalue weighted by Crippen LogP contribution is 2.32. The highest BCUT2D eigenvalue weighted by Gasteiger charge is 2.35. The fourth-order valence-electron chi connectivity index (χ4n) is 3.76. The van der Waals surface area contributed by atoms with Crippen molar-refractivity contribution < 1.29 is 17.6 Å². The second-order valence-corrected chi connectivity index (χ2v) is 10.6. The Morgan fingerprint density at radius 1 is 1.34 bits per heavy atom. The van der Waals surface area contributed by atoms with Crippen molar-refractivity contribution in [3.8, 4) is 5.69 Å². The molecular formula is C20H22FN3O3S2. The zero-order valence-corrected chi connectivity index (χ0v) is 17.9. The Hall–Kier alpha value is -2.26. The Labute approximate surface area is 172 Å². The molecule has 154 valence electrons. The number of hydrogen-bond donors (Lipinski definition) is 0. The van der Waals surface area contributed by atoms with Gasteiger partial charge in [0.05, 0.1) is 27.8 Å². The Bertz CT molecular complexity index is 1170. The number of aromatic nitrogens is 2. The molecule has 6 nitrogen and oxygen atoms in total. The van der Waals surface area contributed by atoms with Crippen LogP contribution in [0.15, 0.2) is 30.3 Å². The molecule has 2 aromatic heterocycles. The van der Waals surface area contributed by atoms with Crippen LogP contribution in [0.4, 0.5) is 4.39 Å². The standard InChI is InChI=1S/C20H22FN3O3S2/c1-3-9-23(16-8-10-29(26,27)12-16)19(25)18-11-17-13(2)22-24(20(17)28-18)15-6-4-14(21)5-7-15/h4-7,11,16H,3,8-10,12H2,1-2H3. The van der Waals surface area contributed by atoms with E-state index < -0.39 is 9.84 Å². The second-order valence-electron chi connectivity index (χ2n) is 7.36. The zero-order chi connectivity index (χ0) is 20.8. The van der Waals surface area contributed by atoms with Crippen molar-refractivity contribution in [2.24, 2.45) is 0 Å². The lowest BCUT2D eigenvalue weighted by atomic mass is 10.2. The summed E-state index contributed by atoms with van der Waals surface area (Å²) in [4.78, 5) is 16.4. The van der Waals surface area contributed by atoms with Crippen LogP contribution in [0.2, 0.25) is 0 Å². The van der Waals surface area contributed by atoms with Gasteiger partial charge in [0.15, 0.2) is 9.84 Å². The van der Waals surface area contributed by atoms with Crippen LogP contribution in [0.3, 0.4) is 0 Å². The van der Waals surface area contributed by atoms with Crippen LogP contribution >= 0.6 is 11.3 Å². The molecule has 1 unspecified atom stereocenters. The average molecular weight is 436 g/mol. The third-order valence-electron chi connectivity index (χ3n) is 5.20. The first-order chi connectivity index (χ1) is 13.8. The molecule has 0 saturated carbocycles. The molecule has 9 heteroatoms. The van der Waals surface area contributed by atoms with E-state index in [9.17, 15) is 17.6 Å². The van der Waals surface area contributed by atoms with Crippen LogP contribution in [0.1, 0.15) is 35.1 Å². The Morgan fingerprint density at radius 3 is 2.69 bits per heavy atom. The minimum absolute atomic E-state index is 0.0338. The van der Waals surface area contributed by atoms with Gasteiger partial charge >= 0.3 is 0 Å². The lowest BCUT2D eigenvalue weighted by Gasteiger charge is -2.27. The molecule has 1 amide bonds. The van der Waals surface area contributed by atoms with Crippen LogP contribution in [0.25, 0.3) is 15.9 Å². The molecule has 1 aromatic carbocycles. The Balaban J connectivity index is 1.70. The number of benzene rings is 1. The zero-order valence-electron chi connectivity index (χ0n) is 16.3. The van der Waals surface area contributed by atoms with Gasteiger partial charge in [0.2, 0.25) is 0 Å². The van der Waals surface area contributed by atoms with E-state index >= 15 is 0 Å². The van der Waals surface area contributed by atoms with Crippen LogP contribution in [0, 0.1) is 12.7 Å². The van der Waals surface area contributed by atoms with Gasteiger partial charge in [-0.3, -0.25) is 4.79 Å². The van der Waals surface area contributed by atoms with Crippen molar-refractivity contribution >= 4 is 37.3 Å². The summed E-state index contributed by atoms with van der Waals surface area (Å²) in [5.41, 5.74) is 1.50. The van der Waals surface area contributed by atoms with Gasteiger partial charge in [0, 0.05) is 18.0 Å². The normalized spacial score (nSPS) is 18.4. The maximum atomic E-state index is 13.3. The molecule has 0 N–H and O–H groups in total. The number of nitrogens with zero attached hydrogens (tertiary/aromatic N) is 3. The lowest BCUT2D eigenvalue weighted by molar-refractivity contribution is 0.0702. The summed E-state index contributed by atoms with van der Waals surface area (Å²) in [6.45, 7) is 4.37. The number of carbonyl (C=O) groups excluding carboxylic acids is 1. The van der Waals surface area contributed by atoms with E-state index in [1.165, 1.54) is 23.5 Å². The van der Waals surface area contributed by atoms with Gasteiger partial charge < -0.3 is 4.90 Å². The number of rotatable bonds is 5. The van der Waals surface area contributed by atoms with Gasteiger partial charge in [0.25, 0.3) is 5.91 Å². The van der Waals surface area contributed by atoms with Gasteiger partial charge in [-0.25, -0.2) is 17.5 Å². The number of halogens is 1. The van der Waals surface area contributed by atoms with E-state index in [1.54, 1.807) is 21.7 Å². The molecule has 0 spiro atoms. The molecule has 0 aliphatic carbocycles. The average Bonchev–Trinajstić information content (AvgIpc) is 3.35. The minimum atomic E-state index is -3.08. The molecule has 4 rings (SSSR count). The number of aryl methyl sites for hydroxylation is 1. The van der Waals surface area contributed by atoms with E-state index in [0.717, 1.165) is 28.0 Å². The maximum absolute atomic E-state index is 13.3. The number of fused-ring (bicyclic) bond motifs is 1. The topological polar surface area (TPSA) is 72.3 Å². The Morgan fingerprint density at radius 2 is 2.07 bits per heavy atom. The summed E-state index contributed by atoms with van der Waals surface area (Å²) >= 11 is 1.33. The first kappa shape index (κ1) is 20.0. The molecule has 1 fully saturated rings.